The van der Waals surface area contributed by atoms with E-state index in [-0.39, 0.29) is 16.7 Å². The van der Waals surface area contributed by atoms with E-state index in [1.54, 1.807) is 18.2 Å². The van der Waals surface area contributed by atoms with Crippen molar-refractivity contribution >= 4 is 5.69 Å². The summed E-state index contributed by atoms with van der Waals surface area (Å²) in [7, 11) is 0. The molecule has 1 rings (SSSR count). The molecule has 0 fully saturated rings. The SMILES string of the molecule is CCC(NC(C)C(CC)CC)c1cccc([N+](=O)[O-])c1. The van der Waals surface area contributed by atoms with Crippen LogP contribution in [-0.2, 0) is 0 Å². The highest BCUT2D eigenvalue weighted by molar-refractivity contribution is 5.35. The summed E-state index contributed by atoms with van der Waals surface area (Å²) < 4.78 is 0. The Labute approximate surface area is 121 Å². The summed E-state index contributed by atoms with van der Waals surface area (Å²) in [6.45, 7) is 8.73. The summed E-state index contributed by atoms with van der Waals surface area (Å²) in [5.41, 5.74) is 1.16. The zero-order chi connectivity index (χ0) is 15.1. The van der Waals surface area contributed by atoms with Crippen LogP contribution in [0.4, 0.5) is 5.69 Å². The van der Waals surface area contributed by atoms with E-state index in [0.29, 0.717) is 12.0 Å². The maximum absolute atomic E-state index is 10.9. The number of rotatable bonds is 8. The number of benzene rings is 1. The molecule has 0 aliphatic heterocycles. The second-order valence-electron chi connectivity index (χ2n) is 5.34. The van der Waals surface area contributed by atoms with Crippen molar-refractivity contribution < 1.29 is 4.92 Å². The van der Waals surface area contributed by atoms with Crippen molar-refractivity contribution in [1.82, 2.24) is 5.32 Å². The number of nitrogens with one attached hydrogen (secondary N) is 1. The van der Waals surface area contributed by atoms with E-state index in [2.05, 4.69) is 33.0 Å². The van der Waals surface area contributed by atoms with Crippen molar-refractivity contribution in [2.24, 2.45) is 5.92 Å². The first-order chi connectivity index (χ1) is 9.53. The Kier molecular flexibility index (Phi) is 6.65. The quantitative estimate of drug-likeness (QED) is 0.564. The molecule has 0 saturated heterocycles. The molecule has 1 N–H and O–H groups in total. The Morgan fingerprint density at radius 3 is 2.35 bits per heavy atom. The van der Waals surface area contributed by atoms with Crippen LogP contribution in [0.2, 0.25) is 0 Å². The van der Waals surface area contributed by atoms with Gasteiger partial charge in [0.25, 0.3) is 5.69 Å². The van der Waals surface area contributed by atoms with Crippen molar-refractivity contribution in [3.63, 3.8) is 0 Å². The van der Waals surface area contributed by atoms with E-state index in [4.69, 9.17) is 0 Å². The zero-order valence-corrected chi connectivity index (χ0v) is 12.9. The van der Waals surface area contributed by atoms with E-state index in [9.17, 15) is 10.1 Å². The molecular formula is C16H26N2O2. The first kappa shape index (κ1) is 16.6. The van der Waals surface area contributed by atoms with Gasteiger partial charge in [-0.1, -0.05) is 45.7 Å². The predicted molar refractivity (Wildman–Crippen MR) is 82.8 cm³/mol. The molecule has 2 unspecified atom stereocenters. The van der Waals surface area contributed by atoms with Gasteiger partial charge >= 0.3 is 0 Å². The topological polar surface area (TPSA) is 55.2 Å². The summed E-state index contributed by atoms with van der Waals surface area (Å²) >= 11 is 0. The largest absolute Gasteiger partial charge is 0.307 e. The van der Waals surface area contributed by atoms with Gasteiger partial charge in [0, 0.05) is 24.2 Å². The van der Waals surface area contributed by atoms with Crippen molar-refractivity contribution in [3.8, 4) is 0 Å². The van der Waals surface area contributed by atoms with Gasteiger partial charge in [-0.15, -0.1) is 0 Å². The summed E-state index contributed by atoms with van der Waals surface area (Å²) in [4.78, 5) is 10.5. The van der Waals surface area contributed by atoms with Gasteiger partial charge in [0.05, 0.1) is 4.92 Å². The number of nitro groups is 1. The lowest BCUT2D eigenvalue weighted by Crippen LogP contribution is -2.35. The van der Waals surface area contributed by atoms with E-state index >= 15 is 0 Å². The van der Waals surface area contributed by atoms with Crippen molar-refractivity contribution in [2.75, 3.05) is 0 Å². The highest BCUT2D eigenvalue weighted by Gasteiger charge is 2.19. The molecule has 4 nitrogen and oxygen atoms in total. The van der Waals surface area contributed by atoms with E-state index in [1.807, 2.05) is 6.07 Å². The van der Waals surface area contributed by atoms with Gasteiger partial charge in [0.1, 0.15) is 0 Å². The lowest BCUT2D eigenvalue weighted by atomic mass is 9.93. The molecule has 2 atom stereocenters. The normalized spacial score (nSPS) is 14.2. The Morgan fingerprint density at radius 2 is 1.85 bits per heavy atom. The molecule has 0 radical (unpaired) electrons. The van der Waals surface area contributed by atoms with Crippen LogP contribution in [0.3, 0.4) is 0 Å². The van der Waals surface area contributed by atoms with Crippen molar-refractivity contribution in [2.45, 2.75) is 59.0 Å². The van der Waals surface area contributed by atoms with Crippen molar-refractivity contribution in [1.29, 1.82) is 0 Å². The van der Waals surface area contributed by atoms with Gasteiger partial charge in [-0.25, -0.2) is 0 Å². The molecular weight excluding hydrogens is 252 g/mol. The van der Waals surface area contributed by atoms with Gasteiger partial charge in [-0.05, 0) is 24.8 Å². The van der Waals surface area contributed by atoms with Crippen LogP contribution in [0.1, 0.15) is 58.6 Å². The summed E-state index contributed by atoms with van der Waals surface area (Å²) in [5, 5.41) is 14.5. The monoisotopic (exact) mass is 278 g/mol. The average molecular weight is 278 g/mol. The zero-order valence-electron chi connectivity index (χ0n) is 12.9. The van der Waals surface area contributed by atoms with Gasteiger partial charge in [0.15, 0.2) is 0 Å². The van der Waals surface area contributed by atoms with Crippen LogP contribution in [0, 0.1) is 16.0 Å². The van der Waals surface area contributed by atoms with Crippen LogP contribution in [0.15, 0.2) is 24.3 Å². The predicted octanol–water partition coefficient (Wildman–Crippen LogP) is 4.46. The lowest BCUT2D eigenvalue weighted by Gasteiger charge is -2.28. The minimum atomic E-state index is -0.333. The fourth-order valence-electron chi connectivity index (χ4n) is 2.75. The van der Waals surface area contributed by atoms with Gasteiger partial charge in [-0.3, -0.25) is 10.1 Å². The molecule has 4 heteroatoms. The Balaban J connectivity index is 2.85. The molecule has 0 aromatic heterocycles. The third-order valence-corrected chi connectivity index (χ3v) is 4.11. The molecule has 0 saturated carbocycles. The molecule has 20 heavy (non-hydrogen) atoms. The number of nitro benzene ring substituents is 1. The fourth-order valence-corrected chi connectivity index (χ4v) is 2.75. The molecule has 1 aromatic rings. The highest BCUT2D eigenvalue weighted by Crippen LogP contribution is 2.24. The second kappa shape index (κ2) is 8.00. The molecule has 0 amide bonds. The molecule has 0 aliphatic carbocycles. The number of non-ortho nitro benzene ring substituents is 1. The van der Waals surface area contributed by atoms with Crippen molar-refractivity contribution in [3.05, 3.63) is 39.9 Å². The van der Waals surface area contributed by atoms with E-state index < -0.39 is 0 Å². The third kappa shape index (κ3) is 4.30. The number of hydrogen-bond acceptors (Lipinski definition) is 3. The first-order valence-corrected chi connectivity index (χ1v) is 7.53. The Bertz CT molecular complexity index is 430. The van der Waals surface area contributed by atoms with Gasteiger partial charge in [0.2, 0.25) is 0 Å². The van der Waals surface area contributed by atoms with E-state index in [1.165, 1.54) is 0 Å². The summed E-state index contributed by atoms with van der Waals surface area (Å²) in [6.07, 6.45) is 3.22. The third-order valence-electron chi connectivity index (χ3n) is 4.11. The minimum Gasteiger partial charge on any atom is -0.307 e. The first-order valence-electron chi connectivity index (χ1n) is 7.53. The average Bonchev–Trinajstić information content (AvgIpc) is 2.46. The molecule has 0 bridgehead atoms. The van der Waals surface area contributed by atoms with Crippen LogP contribution in [-0.4, -0.2) is 11.0 Å². The van der Waals surface area contributed by atoms with Gasteiger partial charge < -0.3 is 5.32 Å². The second-order valence-corrected chi connectivity index (χ2v) is 5.34. The van der Waals surface area contributed by atoms with Gasteiger partial charge in [-0.2, -0.15) is 0 Å². The fraction of sp³-hybridized carbons (Fsp3) is 0.625. The van der Waals surface area contributed by atoms with E-state index in [0.717, 1.165) is 24.8 Å². The van der Waals surface area contributed by atoms with Crippen LogP contribution in [0.25, 0.3) is 0 Å². The smallest absolute Gasteiger partial charge is 0.269 e. The molecule has 112 valence electrons. The molecule has 0 heterocycles. The molecule has 0 aliphatic rings. The highest BCUT2D eigenvalue weighted by atomic mass is 16.6. The van der Waals surface area contributed by atoms with Crippen LogP contribution in [0.5, 0.6) is 0 Å². The Hall–Kier alpha value is -1.42. The minimum absolute atomic E-state index is 0.165. The molecule has 1 aromatic carbocycles. The summed E-state index contributed by atoms with van der Waals surface area (Å²) in [6, 6.07) is 7.54. The van der Waals surface area contributed by atoms with Crippen LogP contribution >= 0.6 is 0 Å². The maximum Gasteiger partial charge on any atom is 0.269 e. The number of nitrogens with zero attached hydrogens (tertiary/aromatic N) is 1. The maximum atomic E-state index is 10.9. The summed E-state index contributed by atoms with van der Waals surface area (Å²) in [5.74, 6) is 0.641. The standard InChI is InChI=1S/C16H26N2O2/c1-5-13(6-2)12(4)17-16(7-3)14-9-8-10-15(11-14)18(19)20/h8-13,16-17H,5-7H2,1-4H3. The Morgan fingerprint density at radius 1 is 1.20 bits per heavy atom. The van der Waals surface area contributed by atoms with Crippen LogP contribution < -0.4 is 5.32 Å². The number of hydrogen-bond donors (Lipinski definition) is 1. The molecule has 0 spiro atoms. The lowest BCUT2D eigenvalue weighted by molar-refractivity contribution is -0.384.